The summed E-state index contributed by atoms with van der Waals surface area (Å²) in [5, 5.41) is 0. The topological polar surface area (TPSA) is 111 Å². The van der Waals surface area contributed by atoms with Crippen molar-refractivity contribution < 1.29 is 22.3 Å². The van der Waals surface area contributed by atoms with E-state index in [0.29, 0.717) is 29.3 Å². The minimum absolute atomic E-state index is 0.0280. The zero-order chi connectivity index (χ0) is 19.2. The van der Waals surface area contributed by atoms with Gasteiger partial charge in [0.15, 0.2) is 5.58 Å². The van der Waals surface area contributed by atoms with Gasteiger partial charge < -0.3 is 13.9 Å². The molecule has 1 aliphatic rings. The zero-order valence-corrected chi connectivity index (χ0v) is 15.6. The van der Waals surface area contributed by atoms with E-state index in [1.165, 1.54) is 18.2 Å². The summed E-state index contributed by atoms with van der Waals surface area (Å²) in [7, 11) is -3.93. The number of hydrogen-bond donors (Lipinski definition) is 2. The Hall–Kier alpha value is -2.94. The maximum Gasteiger partial charge on any atom is 0.417 e. The summed E-state index contributed by atoms with van der Waals surface area (Å²) < 4.78 is 44.5. The molecule has 3 aromatic rings. The molecule has 0 unspecified atom stereocenters. The zero-order valence-electron chi connectivity index (χ0n) is 14.7. The van der Waals surface area contributed by atoms with Crippen molar-refractivity contribution in [1.82, 2.24) is 4.98 Å². The molecular formula is C18H18N2O6S. The lowest BCUT2D eigenvalue weighted by Crippen LogP contribution is -2.14. The third kappa shape index (κ3) is 3.25. The maximum absolute atomic E-state index is 12.8. The molecule has 8 nitrogen and oxygen atoms in total. The van der Waals surface area contributed by atoms with E-state index >= 15 is 0 Å². The van der Waals surface area contributed by atoms with Crippen molar-refractivity contribution in [3.8, 4) is 11.5 Å². The van der Waals surface area contributed by atoms with Gasteiger partial charge >= 0.3 is 5.76 Å². The molecule has 0 saturated heterocycles. The molecule has 27 heavy (non-hydrogen) atoms. The monoisotopic (exact) mass is 390 g/mol. The minimum Gasteiger partial charge on any atom is -0.492 e. The van der Waals surface area contributed by atoms with Crippen LogP contribution in [-0.2, 0) is 16.4 Å². The number of fused-ring (bicyclic) bond motifs is 2. The first kappa shape index (κ1) is 17.5. The fourth-order valence-corrected chi connectivity index (χ4v) is 4.17. The second kappa shape index (κ2) is 6.34. The van der Waals surface area contributed by atoms with E-state index in [1.54, 1.807) is 12.1 Å². The Balaban J connectivity index is 1.73. The van der Waals surface area contributed by atoms with Crippen LogP contribution < -0.4 is 20.0 Å². The summed E-state index contributed by atoms with van der Waals surface area (Å²) in [5.41, 5.74) is 1.86. The van der Waals surface area contributed by atoms with Gasteiger partial charge in [0.25, 0.3) is 10.0 Å². The first-order chi connectivity index (χ1) is 12.9. The molecule has 2 N–H and O–H groups in total. The molecular weight excluding hydrogens is 372 g/mol. The van der Waals surface area contributed by atoms with Crippen molar-refractivity contribution in [2.45, 2.75) is 31.3 Å². The molecule has 0 aliphatic carbocycles. The van der Waals surface area contributed by atoms with Crippen LogP contribution in [0.3, 0.4) is 0 Å². The van der Waals surface area contributed by atoms with E-state index in [2.05, 4.69) is 9.71 Å². The number of benzene rings is 2. The number of hydrogen-bond acceptors (Lipinski definition) is 6. The highest BCUT2D eigenvalue weighted by Gasteiger charge is 2.24. The van der Waals surface area contributed by atoms with Crippen LogP contribution >= 0.6 is 0 Å². The van der Waals surface area contributed by atoms with Gasteiger partial charge in [-0.05, 0) is 32.0 Å². The van der Waals surface area contributed by atoms with E-state index in [0.717, 1.165) is 12.0 Å². The van der Waals surface area contributed by atoms with E-state index in [4.69, 9.17) is 13.9 Å². The lowest BCUT2D eigenvalue weighted by atomic mass is 10.1. The number of aromatic amines is 1. The van der Waals surface area contributed by atoms with E-state index in [1.807, 2.05) is 13.8 Å². The van der Waals surface area contributed by atoms with Crippen molar-refractivity contribution in [1.29, 1.82) is 0 Å². The summed E-state index contributed by atoms with van der Waals surface area (Å²) in [6.07, 6.45) is 0.770. The molecule has 0 spiro atoms. The molecule has 0 radical (unpaired) electrons. The lowest BCUT2D eigenvalue weighted by molar-refractivity contribution is 0.254. The molecule has 0 bridgehead atoms. The minimum atomic E-state index is -3.93. The molecule has 2 aromatic carbocycles. The highest BCUT2D eigenvalue weighted by molar-refractivity contribution is 7.92. The predicted molar refractivity (Wildman–Crippen MR) is 99.0 cm³/mol. The fraction of sp³-hybridized carbons (Fsp3) is 0.278. The summed E-state index contributed by atoms with van der Waals surface area (Å²) in [4.78, 5) is 13.7. The molecule has 2 heterocycles. The number of ether oxygens (including phenoxy) is 2. The second-order valence-corrected chi connectivity index (χ2v) is 7.98. The summed E-state index contributed by atoms with van der Waals surface area (Å²) in [6, 6.07) is 7.60. The van der Waals surface area contributed by atoms with Crippen LogP contribution in [0, 0.1) is 0 Å². The fourth-order valence-electron chi connectivity index (χ4n) is 3.09. The van der Waals surface area contributed by atoms with Crippen molar-refractivity contribution in [3.63, 3.8) is 0 Å². The molecule has 0 fully saturated rings. The van der Waals surface area contributed by atoms with E-state index < -0.39 is 15.8 Å². The molecule has 1 aliphatic heterocycles. The van der Waals surface area contributed by atoms with Gasteiger partial charge in [0, 0.05) is 24.1 Å². The molecule has 1 aromatic heterocycles. The quantitative estimate of drug-likeness (QED) is 0.693. The standard InChI is InChI=1S/C18H18N2O6S/c1-3-24-16-7-11-6-10(2)25-15(11)9-14(16)20-27(22,23)12-4-5-13-17(8-12)26-18(21)19-13/h4-5,7-10,20H,3,6H2,1-2H3,(H,19,21)/t10-/m1/s1. The molecule has 142 valence electrons. The summed E-state index contributed by atoms with van der Waals surface area (Å²) >= 11 is 0. The highest BCUT2D eigenvalue weighted by atomic mass is 32.2. The Morgan fingerprint density at radius 2 is 2.11 bits per heavy atom. The molecule has 0 amide bonds. The van der Waals surface area contributed by atoms with Crippen LogP contribution in [0.4, 0.5) is 5.69 Å². The van der Waals surface area contributed by atoms with Crippen LogP contribution in [0.2, 0.25) is 0 Å². The molecule has 4 rings (SSSR count). The van der Waals surface area contributed by atoms with E-state index in [9.17, 15) is 13.2 Å². The third-order valence-electron chi connectivity index (χ3n) is 4.25. The number of rotatable bonds is 5. The number of aromatic nitrogens is 1. The Morgan fingerprint density at radius 1 is 1.30 bits per heavy atom. The van der Waals surface area contributed by atoms with Gasteiger partial charge in [-0.3, -0.25) is 9.71 Å². The number of sulfonamides is 1. The first-order valence-electron chi connectivity index (χ1n) is 8.48. The normalized spacial score (nSPS) is 16.1. The SMILES string of the molecule is CCOc1cc2c(cc1NS(=O)(=O)c1ccc3[nH]c(=O)oc3c1)O[C@H](C)C2. The summed E-state index contributed by atoms with van der Waals surface area (Å²) in [5.74, 6) is 0.429. The molecule has 1 atom stereocenters. The summed E-state index contributed by atoms with van der Waals surface area (Å²) in [6.45, 7) is 4.17. The van der Waals surface area contributed by atoms with Crippen molar-refractivity contribution >= 4 is 26.8 Å². The maximum atomic E-state index is 12.8. The van der Waals surface area contributed by atoms with Crippen molar-refractivity contribution in [2.75, 3.05) is 11.3 Å². The predicted octanol–water partition coefficient (Wildman–Crippen LogP) is 2.64. The van der Waals surface area contributed by atoms with Crippen molar-refractivity contribution in [2.24, 2.45) is 0 Å². The van der Waals surface area contributed by atoms with Gasteiger partial charge in [-0.1, -0.05) is 0 Å². The lowest BCUT2D eigenvalue weighted by Gasteiger charge is -2.14. The van der Waals surface area contributed by atoms with Gasteiger partial charge in [-0.25, -0.2) is 13.2 Å². The van der Waals surface area contributed by atoms with Gasteiger partial charge in [-0.2, -0.15) is 0 Å². The third-order valence-corrected chi connectivity index (χ3v) is 5.61. The van der Waals surface area contributed by atoms with Gasteiger partial charge in [0.1, 0.15) is 17.6 Å². The van der Waals surface area contributed by atoms with Crippen LogP contribution in [0.15, 0.2) is 44.4 Å². The molecule has 0 saturated carbocycles. The average molecular weight is 390 g/mol. The Bertz CT molecular complexity index is 1180. The van der Waals surface area contributed by atoms with Crippen LogP contribution in [0.5, 0.6) is 11.5 Å². The van der Waals surface area contributed by atoms with Crippen LogP contribution in [0.25, 0.3) is 11.1 Å². The largest absolute Gasteiger partial charge is 0.492 e. The number of oxazole rings is 1. The molecule has 9 heteroatoms. The Labute approximate surface area is 155 Å². The van der Waals surface area contributed by atoms with Gasteiger partial charge in [0.05, 0.1) is 22.7 Å². The van der Waals surface area contributed by atoms with Crippen molar-refractivity contribution in [3.05, 3.63) is 46.4 Å². The Kier molecular flexibility index (Phi) is 4.11. The number of nitrogens with one attached hydrogen (secondary N) is 2. The number of H-pyrrole nitrogens is 1. The van der Waals surface area contributed by atoms with Gasteiger partial charge in [-0.15, -0.1) is 0 Å². The first-order valence-corrected chi connectivity index (χ1v) is 9.96. The average Bonchev–Trinajstić information content (AvgIpc) is 3.14. The van der Waals surface area contributed by atoms with Crippen LogP contribution in [0.1, 0.15) is 19.4 Å². The Morgan fingerprint density at radius 3 is 2.89 bits per heavy atom. The van der Waals surface area contributed by atoms with Gasteiger partial charge in [0.2, 0.25) is 0 Å². The number of anilines is 1. The second-order valence-electron chi connectivity index (χ2n) is 6.30. The highest BCUT2D eigenvalue weighted by Crippen LogP contribution is 2.39. The van der Waals surface area contributed by atoms with Crippen LogP contribution in [-0.4, -0.2) is 26.1 Å². The van der Waals surface area contributed by atoms with E-state index in [-0.39, 0.29) is 16.6 Å². The smallest absolute Gasteiger partial charge is 0.417 e.